The van der Waals surface area contributed by atoms with Crippen molar-refractivity contribution >= 4 is 22.8 Å². The van der Waals surface area contributed by atoms with Crippen molar-refractivity contribution in [3.05, 3.63) is 39.7 Å². The van der Waals surface area contributed by atoms with Gasteiger partial charge in [-0.1, -0.05) is 20.8 Å². The molecule has 1 atom stereocenters. The third kappa shape index (κ3) is 5.09. The molecule has 0 radical (unpaired) electrons. The van der Waals surface area contributed by atoms with E-state index in [9.17, 15) is 19.5 Å². The highest BCUT2D eigenvalue weighted by molar-refractivity contribution is 5.86. The number of hydrogen-bond donors (Lipinski definition) is 2. The van der Waals surface area contributed by atoms with Crippen molar-refractivity contribution in [3.8, 4) is 5.75 Å². The van der Waals surface area contributed by atoms with Crippen molar-refractivity contribution in [3.63, 3.8) is 0 Å². The predicted molar refractivity (Wildman–Crippen MR) is 101 cm³/mol. The highest BCUT2D eigenvalue weighted by Crippen LogP contribution is 2.28. The molecule has 27 heavy (non-hydrogen) atoms. The van der Waals surface area contributed by atoms with E-state index in [-0.39, 0.29) is 12.5 Å². The van der Waals surface area contributed by atoms with Gasteiger partial charge in [-0.15, -0.1) is 0 Å². The van der Waals surface area contributed by atoms with Gasteiger partial charge in [-0.3, -0.25) is 4.79 Å². The maximum absolute atomic E-state index is 12.1. The van der Waals surface area contributed by atoms with E-state index in [1.54, 1.807) is 19.1 Å². The van der Waals surface area contributed by atoms with E-state index < -0.39 is 23.5 Å². The van der Waals surface area contributed by atoms with E-state index in [4.69, 9.17) is 9.15 Å². The number of amides is 1. The summed E-state index contributed by atoms with van der Waals surface area (Å²) in [5.74, 6) is -1.06. The number of rotatable bonds is 8. The molecule has 0 aliphatic rings. The first-order valence-corrected chi connectivity index (χ1v) is 8.94. The van der Waals surface area contributed by atoms with E-state index >= 15 is 0 Å². The lowest BCUT2D eigenvalue weighted by molar-refractivity contribution is -0.142. The van der Waals surface area contributed by atoms with Crippen LogP contribution in [-0.4, -0.2) is 29.6 Å². The van der Waals surface area contributed by atoms with Crippen LogP contribution < -0.4 is 15.7 Å². The van der Waals surface area contributed by atoms with Gasteiger partial charge in [0.15, 0.2) is 6.61 Å². The molecule has 0 bridgehead atoms. The normalized spacial score (nSPS) is 12.2. The molecule has 146 valence electrons. The Morgan fingerprint density at radius 1 is 1.30 bits per heavy atom. The van der Waals surface area contributed by atoms with Crippen LogP contribution in [0.5, 0.6) is 5.75 Å². The Morgan fingerprint density at radius 2 is 2.00 bits per heavy atom. The zero-order chi connectivity index (χ0) is 20.1. The third-order valence-electron chi connectivity index (χ3n) is 4.28. The molecule has 0 aliphatic heterocycles. The molecule has 7 nitrogen and oxygen atoms in total. The highest BCUT2D eigenvalue weighted by atomic mass is 16.5. The molecule has 2 N–H and O–H groups in total. The van der Waals surface area contributed by atoms with Gasteiger partial charge < -0.3 is 19.6 Å². The summed E-state index contributed by atoms with van der Waals surface area (Å²) in [4.78, 5) is 35.0. The summed E-state index contributed by atoms with van der Waals surface area (Å²) < 4.78 is 10.8. The summed E-state index contributed by atoms with van der Waals surface area (Å²) >= 11 is 0. The van der Waals surface area contributed by atoms with Gasteiger partial charge in [0.25, 0.3) is 5.91 Å². The molecular weight excluding hydrogens is 350 g/mol. The quantitative estimate of drug-likeness (QED) is 0.687. The minimum absolute atomic E-state index is 0.130. The molecule has 7 heteroatoms. The zero-order valence-electron chi connectivity index (χ0n) is 16.0. The third-order valence-corrected chi connectivity index (χ3v) is 4.28. The topological polar surface area (TPSA) is 106 Å². The van der Waals surface area contributed by atoms with Gasteiger partial charge in [-0.25, -0.2) is 9.59 Å². The number of ether oxygens (including phenoxy) is 1. The van der Waals surface area contributed by atoms with Crippen LogP contribution in [0.25, 0.3) is 11.0 Å². The average molecular weight is 375 g/mol. The van der Waals surface area contributed by atoms with Gasteiger partial charge >= 0.3 is 11.6 Å². The molecule has 0 saturated carbocycles. The predicted octanol–water partition coefficient (Wildman–Crippen LogP) is 2.66. The molecular formula is C20H25NO6. The smallest absolute Gasteiger partial charge is 0.336 e. The summed E-state index contributed by atoms with van der Waals surface area (Å²) in [5.41, 5.74) is 1.49. The van der Waals surface area contributed by atoms with E-state index in [0.29, 0.717) is 29.7 Å². The van der Waals surface area contributed by atoms with Gasteiger partial charge in [0.05, 0.1) is 0 Å². The van der Waals surface area contributed by atoms with Crippen LogP contribution >= 0.6 is 0 Å². The lowest BCUT2D eigenvalue weighted by Crippen LogP contribution is -2.43. The van der Waals surface area contributed by atoms with Gasteiger partial charge in [0, 0.05) is 17.0 Å². The summed E-state index contributed by atoms with van der Waals surface area (Å²) in [6.45, 7) is 7.14. The number of aryl methyl sites for hydroxylation is 2. The fourth-order valence-electron chi connectivity index (χ4n) is 2.93. The second-order valence-electron chi connectivity index (χ2n) is 6.89. The van der Waals surface area contributed by atoms with Crippen LogP contribution in [0.2, 0.25) is 0 Å². The Hall–Kier alpha value is -2.83. The minimum atomic E-state index is -1.08. The van der Waals surface area contributed by atoms with Crippen molar-refractivity contribution < 1.29 is 23.8 Å². The van der Waals surface area contributed by atoms with Crippen molar-refractivity contribution in [2.75, 3.05) is 6.61 Å². The summed E-state index contributed by atoms with van der Waals surface area (Å²) in [6.07, 6.45) is 1.03. The second-order valence-corrected chi connectivity index (χ2v) is 6.89. The Morgan fingerprint density at radius 3 is 2.59 bits per heavy atom. The number of carboxylic acid groups (broad SMARTS) is 1. The van der Waals surface area contributed by atoms with Crippen molar-refractivity contribution in [1.82, 2.24) is 5.32 Å². The molecule has 2 rings (SSSR count). The Bertz CT molecular complexity index is 899. The number of hydrogen-bond acceptors (Lipinski definition) is 5. The molecule has 1 amide bonds. The Kier molecular flexibility index (Phi) is 6.60. The van der Waals surface area contributed by atoms with E-state index in [1.807, 2.05) is 20.8 Å². The van der Waals surface area contributed by atoms with Crippen molar-refractivity contribution in [1.29, 1.82) is 0 Å². The van der Waals surface area contributed by atoms with Crippen molar-refractivity contribution in [2.45, 2.75) is 46.6 Å². The van der Waals surface area contributed by atoms with E-state index in [2.05, 4.69) is 5.32 Å². The van der Waals surface area contributed by atoms with Crippen LogP contribution in [-0.2, 0) is 16.0 Å². The fourth-order valence-corrected chi connectivity index (χ4v) is 2.93. The van der Waals surface area contributed by atoms with Crippen LogP contribution in [0.3, 0.4) is 0 Å². The van der Waals surface area contributed by atoms with Crippen LogP contribution in [0, 0.1) is 12.8 Å². The first-order chi connectivity index (χ1) is 12.7. The minimum Gasteiger partial charge on any atom is -0.483 e. The second kappa shape index (κ2) is 8.70. The SMILES string of the molecule is CCc1cc(=O)oc2c(C)c(OCC(=O)NC(CC(C)C)C(=O)O)ccc12. The van der Waals surface area contributed by atoms with Gasteiger partial charge in [-0.2, -0.15) is 0 Å². The number of nitrogens with one attached hydrogen (secondary N) is 1. The molecule has 0 aliphatic carbocycles. The average Bonchev–Trinajstić information content (AvgIpc) is 2.59. The molecule has 0 saturated heterocycles. The highest BCUT2D eigenvalue weighted by Gasteiger charge is 2.21. The van der Waals surface area contributed by atoms with Crippen LogP contribution in [0.4, 0.5) is 0 Å². The monoisotopic (exact) mass is 375 g/mol. The van der Waals surface area contributed by atoms with Gasteiger partial charge in [-0.05, 0) is 43.4 Å². The molecule has 1 aromatic carbocycles. The molecule has 1 heterocycles. The maximum atomic E-state index is 12.1. The number of carboxylic acids is 1. The maximum Gasteiger partial charge on any atom is 0.336 e. The molecule has 1 unspecified atom stereocenters. The van der Waals surface area contributed by atoms with E-state index in [1.165, 1.54) is 6.07 Å². The standard InChI is InChI=1S/C20H25NO6/c1-5-13-9-18(23)27-19-12(4)16(7-6-14(13)19)26-10-17(22)21-15(20(24)25)8-11(2)3/h6-7,9,11,15H,5,8,10H2,1-4H3,(H,21,22)(H,24,25). The Balaban J connectivity index is 2.15. The molecule has 0 fully saturated rings. The Labute approximate surface area is 157 Å². The lowest BCUT2D eigenvalue weighted by atomic mass is 10.0. The summed E-state index contributed by atoms with van der Waals surface area (Å²) in [5, 5.41) is 12.5. The van der Waals surface area contributed by atoms with Gasteiger partial charge in [0.1, 0.15) is 17.4 Å². The first-order valence-electron chi connectivity index (χ1n) is 8.94. The molecule has 0 spiro atoms. The van der Waals surface area contributed by atoms with Gasteiger partial charge in [0.2, 0.25) is 0 Å². The lowest BCUT2D eigenvalue weighted by Gasteiger charge is -2.17. The number of fused-ring (bicyclic) bond motifs is 1. The molecule has 2 aromatic rings. The van der Waals surface area contributed by atoms with Crippen LogP contribution in [0.15, 0.2) is 27.4 Å². The number of carbonyl (C=O) groups is 2. The zero-order valence-corrected chi connectivity index (χ0v) is 16.0. The largest absolute Gasteiger partial charge is 0.483 e. The number of benzene rings is 1. The summed E-state index contributed by atoms with van der Waals surface area (Å²) in [6, 6.07) is 4.02. The number of aliphatic carboxylic acids is 1. The first kappa shape index (κ1) is 20.5. The van der Waals surface area contributed by atoms with E-state index in [0.717, 1.165) is 10.9 Å². The van der Waals surface area contributed by atoms with Crippen LogP contribution in [0.1, 0.15) is 38.3 Å². The van der Waals surface area contributed by atoms with Crippen molar-refractivity contribution in [2.24, 2.45) is 5.92 Å². The molecule has 1 aromatic heterocycles. The summed E-state index contributed by atoms with van der Waals surface area (Å²) in [7, 11) is 0. The fraction of sp³-hybridized carbons (Fsp3) is 0.450. The number of carbonyl (C=O) groups excluding carboxylic acids is 1.